The predicted octanol–water partition coefficient (Wildman–Crippen LogP) is 5.84. The minimum atomic E-state index is -0.967. The van der Waals surface area contributed by atoms with Gasteiger partial charge in [0.2, 0.25) is 0 Å². The first kappa shape index (κ1) is 22.0. The number of aryl methyl sites for hydroxylation is 2. The Labute approximate surface area is 194 Å². The number of benzene rings is 2. The van der Waals surface area contributed by atoms with Crippen LogP contribution in [0.3, 0.4) is 0 Å². The van der Waals surface area contributed by atoms with E-state index in [1.807, 2.05) is 13.0 Å². The van der Waals surface area contributed by atoms with Crippen LogP contribution in [0.25, 0.3) is 5.76 Å². The van der Waals surface area contributed by atoms with E-state index in [-0.39, 0.29) is 26.9 Å². The maximum absolute atomic E-state index is 13.1. The van der Waals surface area contributed by atoms with Crippen molar-refractivity contribution in [2.24, 2.45) is 0 Å². The van der Waals surface area contributed by atoms with Crippen molar-refractivity contribution in [3.05, 3.63) is 86.8 Å². The number of Topliss-reactive ketones (excluding diaryl/α,β-unsaturated/α-hetero) is 1. The van der Waals surface area contributed by atoms with Crippen LogP contribution in [0, 0.1) is 13.8 Å². The van der Waals surface area contributed by atoms with Crippen LogP contribution < -0.4 is 9.64 Å². The molecule has 2 aromatic carbocycles. The Morgan fingerprint density at radius 1 is 1.06 bits per heavy atom. The number of methoxy groups -OCH3 is 1. The van der Waals surface area contributed by atoms with Crippen molar-refractivity contribution < 1.29 is 23.8 Å². The fourth-order valence-electron chi connectivity index (χ4n) is 3.79. The lowest BCUT2D eigenvalue weighted by molar-refractivity contribution is -0.132. The molecular formula is C24H19Cl2NO5. The molecule has 8 heteroatoms. The van der Waals surface area contributed by atoms with E-state index in [2.05, 4.69) is 0 Å². The maximum Gasteiger partial charge on any atom is 0.300 e. The summed E-state index contributed by atoms with van der Waals surface area (Å²) < 4.78 is 10.9. The van der Waals surface area contributed by atoms with Crippen LogP contribution in [0.5, 0.6) is 5.75 Å². The van der Waals surface area contributed by atoms with E-state index in [1.165, 1.54) is 24.1 Å². The minimum absolute atomic E-state index is 0.122. The van der Waals surface area contributed by atoms with Crippen molar-refractivity contribution in [1.82, 2.24) is 0 Å². The van der Waals surface area contributed by atoms with Gasteiger partial charge >= 0.3 is 0 Å². The summed E-state index contributed by atoms with van der Waals surface area (Å²) in [6.07, 6.45) is 0. The number of carbonyl (C=O) groups excluding carboxylic acids is 2. The molecule has 164 valence electrons. The fraction of sp³-hybridized carbons (Fsp3) is 0.167. The second kappa shape index (κ2) is 8.37. The summed E-state index contributed by atoms with van der Waals surface area (Å²) in [7, 11) is 1.42. The first-order valence-corrected chi connectivity index (χ1v) is 10.5. The number of furan rings is 1. The third-order valence-corrected chi connectivity index (χ3v) is 5.79. The Kier molecular flexibility index (Phi) is 5.75. The Bertz CT molecular complexity index is 1250. The zero-order valence-corrected chi connectivity index (χ0v) is 19.0. The van der Waals surface area contributed by atoms with Gasteiger partial charge in [-0.05, 0) is 55.8 Å². The van der Waals surface area contributed by atoms with Gasteiger partial charge in [0, 0.05) is 11.3 Å². The highest BCUT2D eigenvalue weighted by Gasteiger charge is 2.48. The molecule has 1 atom stereocenters. The minimum Gasteiger partial charge on any atom is -0.507 e. The molecule has 6 nitrogen and oxygen atoms in total. The molecule has 1 aliphatic heterocycles. The van der Waals surface area contributed by atoms with Gasteiger partial charge in [0.1, 0.15) is 23.3 Å². The summed E-state index contributed by atoms with van der Waals surface area (Å²) in [5.74, 6) is -0.846. The molecule has 0 spiro atoms. The molecule has 0 saturated carbocycles. The largest absolute Gasteiger partial charge is 0.507 e. The standard InChI is InChI=1S/C24H19Cl2NO5/c1-12-5-4-6-15(9-12)27-20(18-8-7-13(2)32-18)19(22(29)24(27)30)21(28)14-10-16(25)23(31-3)17(26)11-14/h4-11,20,28H,1-3H3/b21-19-. The highest BCUT2D eigenvalue weighted by molar-refractivity contribution is 6.51. The van der Waals surface area contributed by atoms with E-state index in [0.29, 0.717) is 17.2 Å². The number of nitrogens with zero attached hydrogens (tertiary/aromatic N) is 1. The topological polar surface area (TPSA) is 80.0 Å². The van der Waals surface area contributed by atoms with Crippen LogP contribution >= 0.6 is 23.2 Å². The van der Waals surface area contributed by atoms with Gasteiger partial charge in [-0.25, -0.2) is 0 Å². The highest BCUT2D eigenvalue weighted by atomic mass is 35.5. The van der Waals surface area contributed by atoms with Crippen molar-refractivity contribution in [3.8, 4) is 5.75 Å². The van der Waals surface area contributed by atoms with E-state index in [9.17, 15) is 14.7 Å². The number of amides is 1. The number of halogens is 2. The van der Waals surface area contributed by atoms with Crippen molar-refractivity contribution in [2.75, 3.05) is 12.0 Å². The van der Waals surface area contributed by atoms with Crippen molar-refractivity contribution in [1.29, 1.82) is 0 Å². The van der Waals surface area contributed by atoms with E-state index in [0.717, 1.165) is 5.56 Å². The summed E-state index contributed by atoms with van der Waals surface area (Å²) >= 11 is 12.5. The molecule has 1 aromatic heterocycles. The number of ketones is 1. The number of hydrogen-bond donors (Lipinski definition) is 1. The lowest BCUT2D eigenvalue weighted by Gasteiger charge is -2.23. The van der Waals surface area contributed by atoms with Crippen LogP contribution in [0.1, 0.15) is 28.7 Å². The SMILES string of the molecule is COc1c(Cl)cc(/C(O)=C2/C(=O)C(=O)N(c3cccc(C)c3)C2c2ccc(C)o2)cc1Cl. The normalized spacial score (nSPS) is 17.8. The van der Waals surface area contributed by atoms with Crippen LogP contribution in [0.2, 0.25) is 10.0 Å². The van der Waals surface area contributed by atoms with Crippen LogP contribution in [-0.2, 0) is 9.59 Å². The molecule has 1 saturated heterocycles. The molecule has 1 N–H and O–H groups in total. The zero-order valence-electron chi connectivity index (χ0n) is 17.5. The number of aliphatic hydroxyl groups excluding tert-OH is 1. The predicted molar refractivity (Wildman–Crippen MR) is 122 cm³/mol. The average molecular weight is 472 g/mol. The van der Waals surface area contributed by atoms with Crippen LogP contribution in [0.4, 0.5) is 5.69 Å². The van der Waals surface area contributed by atoms with E-state index in [1.54, 1.807) is 37.3 Å². The smallest absolute Gasteiger partial charge is 0.300 e. The number of carbonyl (C=O) groups is 2. The second-order valence-corrected chi connectivity index (χ2v) is 8.24. The Morgan fingerprint density at radius 2 is 1.75 bits per heavy atom. The van der Waals surface area contributed by atoms with E-state index in [4.69, 9.17) is 32.4 Å². The molecule has 1 fully saturated rings. The van der Waals surface area contributed by atoms with Gasteiger partial charge < -0.3 is 14.3 Å². The zero-order chi connectivity index (χ0) is 23.2. The lowest BCUT2D eigenvalue weighted by atomic mass is 9.99. The molecule has 0 radical (unpaired) electrons. The van der Waals surface area contributed by atoms with Gasteiger partial charge in [0.05, 0.1) is 22.7 Å². The summed E-state index contributed by atoms with van der Waals surface area (Å²) in [6, 6.07) is 12.5. The Balaban J connectivity index is 1.95. The van der Waals surface area contributed by atoms with Gasteiger partial charge in [-0.1, -0.05) is 35.3 Å². The molecule has 1 unspecified atom stereocenters. The van der Waals surface area contributed by atoms with Crippen molar-refractivity contribution in [2.45, 2.75) is 19.9 Å². The number of ether oxygens (including phenoxy) is 1. The number of anilines is 1. The number of rotatable bonds is 4. The van der Waals surface area contributed by atoms with Crippen LogP contribution in [0.15, 0.2) is 58.5 Å². The van der Waals surface area contributed by atoms with Gasteiger partial charge in [0.25, 0.3) is 11.7 Å². The Hall–Kier alpha value is -3.22. The molecule has 1 amide bonds. The fourth-order valence-corrected chi connectivity index (χ4v) is 4.43. The highest BCUT2D eigenvalue weighted by Crippen LogP contribution is 2.44. The van der Waals surface area contributed by atoms with Gasteiger partial charge in [-0.3, -0.25) is 14.5 Å². The summed E-state index contributed by atoms with van der Waals surface area (Å²) in [4.78, 5) is 27.6. The number of hydrogen-bond acceptors (Lipinski definition) is 5. The van der Waals surface area contributed by atoms with Crippen molar-refractivity contribution in [3.63, 3.8) is 0 Å². The maximum atomic E-state index is 13.1. The number of aliphatic hydroxyl groups is 1. The summed E-state index contributed by atoms with van der Waals surface area (Å²) in [6.45, 7) is 3.64. The van der Waals surface area contributed by atoms with E-state index >= 15 is 0 Å². The molecule has 32 heavy (non-hydrogen) atoms. The van der Waals surface area contributed by atoms with Gasteiger partial charge in [0.15, 0.2) is 5.75 Å². The monoisotopic (exact) mass is 471 g/mol. The lowest BCUT2D eigenvalue weighted by Crippen LogP contribution is -2.29. The van der Waals surface area contributed by atoms with E-state index < -0.39 is 23.5 Å². The van der Waals surface area contributed by atoms with Gasteiger partial charge in [-0.2, -0.15) is 0 Å². The Morgan fingerprint density at radius 3 is 2.31 bits per heavy atom. The summed E-state index contributed by atoms with van der Waals surface area (Å²) in [5, 5.41) is 11.5. The molecule has 2 heterocycles. The quantitative estimate of drug-likeness (QED) is 0.293. The molecular weight excluding hydrogens is 453 g/mol. The molecule has 4 rings (SSSR count). The first-order valence-electron chi connectivity index (χ1n) is 9.70. The van der Waals surface area contributed by atoms with Crippen molar-refractivity contribution >= 4 is 46.3 Å². The second-order valence-electron chi connectivity index (χ2n) is 7.43. The molecule has 1 aliphatic rings. The third-order valence-electron chi connectivity index (χ3n) is 5.23. The third kappa shape index (κ3) is 3.66. The average Bonchev–Trinajstić information content (AvgIpc) is 3.28. The van der Waals surface area contributed by atoms with Gasteiger partial charge in [-0.15, -0.1) is 0 Å². The molecule has 0 aliphatic carbocycles. The molecule has 0 bridgehead atoms. The molecule has 3 aromatic rings. The summed E-state index contributed by atoms with van der Waals surface area (Å²) in [5.41, 5.74) is 1.47. The first-order chi connectivity index (χ1) is 15.2. The van der Waals surface area contributed by atoms with Crippen LogP contribution in [-0.4, -0.2) is 23.9 Å².